The smallest absolute Gasteiger partial charge is 0.305 e. The first-order chi connectivity index (χ1) is 20.5. The number of aliphatic hydroxyl groups is 2. The van der Waals surface area contributed by atoms with Crippen LogP contribution in [-0.2, 0) is 11.2 Å². The van der Waals surface area contributed by atoms with Crippen molar-refractivity contribution < 1.29 is 38.1 Å². The minimum absolute atomic E-state index is 0. The molecule has 0 aliphatic heterocycles. The van der Waals surface area contributed by atoms with Gasteiger partial charge >= 0.3 is 5.97 Å². The summed E-state index contributed by atoms with van der Waals surface area (Å²) in [7, 11) is 0. The number of nitrogens with zero attached hydrogens (tertiary/aromatic N) is 1. The van der Waals surface area contributed by atoms with Gasteiger partial charge in [0.1, 0.15) is 23.1 Å². The third-order valence-electron chi connectivity index (χ3n) is 7.10. The van der Waals surface area contributed by atoms with Crippen molar-refractivity contribution >= 4 is 47.1 Å². The van der Waals surface area contributed by atoms with Crippen molar-refractivity contribution in [1.29, 1.82) is 0 Å². The number of aromatic nitrogens is 1. The van der Waals surface area contributed by atoms with Gasteiger partial charge in [-0.05, 0) is 80.6 Å². The number of nitrogens with one attached hydrogen (secondary N) is 1. The molecule has 1 heterocycles. The Morgan fingerprint density at radius 3 is 1.89 bits per heavy atom. The fourth-order valence-electron chi connectivity index (χ4n) is 5.27. The molecule has 0 bridgehead atoms. The summed E-state index contributed by atoms with van der Waals surface area (Å²) in [5, 5.41) is 32.4. The van der Waals surface area contributed by atoms with Crippen LogP contribution in [0.1, 0.15) is 55.3 Å². The van der Waals surface area contributed by atoms with Gasteiger partial charge in [-0.15, -0.1) is 0 Å². The maximum absolute atomic E-state index is 14.6. The largest absolute Gasteiger partial charge is 0.481 e. The molecule has 227 valence electrons. The number of carbonyl (C=O) groups is 2. The van der Waals surface area contributed by atoms with E-state index in [9.17, 15) is 33.0 Å². The zero-order valence-corrected chi connectivity index (χ0v) is 26.7. The quantitative estimate of drug-likeness (QED) is 0.141. The number of aliphatic hydroxyl groups excluding tert-OH is 2. The van der Waals surface area contributed by atoms with Crippen LogP contribution in [0.25, 0.3) is 22.3 Å². The molecule has 4 N–H and O–H groups in total. The molecule has 0 saturated heterocycles. The number of benzene rings is 3. The average molecular weight is 618 g/mol. The summed E-state index contributed by atoms with van der Waals surface area (Å²) in [6.45, 7) is 3.69. The Bertz CT molecular complexity index is 1590. The number of para-hydroxylation sites is 1. The molecule has 0 fully saturated rings. The van der Waals surface area contributed by atoms with Crippen molar-refractivity contribution in [1.82, 2.24) is 4.57 Å². The SMILES string of the molecule is CC(C)n1c(CC[C@@H](O)C[C@@H](O)CC(=O)O)c(-c2ccc(F)cc2)c(-c2ccc(F)cc2)c1C(=O)Nc1ccccc1F.[Na]. The summed E-state index contributed by atoms with van der Waals surface area (Å²) >= 11 is 0. The molecule has 44 heavy (non-hydrogen) atoms. The minimum Gasteiger partial charge on any atom is -0.481 e. The molecule has 0 unspecified atom stereocenters. The number of rotatable bonds is 12. The summed E-state index contributed by atoms with van der Waals surface area (Å²) in [6, 6.07) is 16.6. The van der Waals surface area contributed by atoms with E-state index in [1.54, 1.807) is 22.8 Å². The number of carboxylic acid groups (broad SMARTS) is 1. The topological polar surface area (TPSA) is 112 Å². The summed E-state index contributed by atoms with van der Waals surface area (Å²) in [5.74, 6) is -3.43. The normalized spacial score (nSPS) is 12.5. The number of hydrogen-bond acceptors (Lipinski definition) is 4. The first-order valence-corrected chi connectivity index (χ1v) is 13.9. The second kappa shape index (κ2) is 15.5. The van der Waals surface area contributed by atoms with E-state index in [1.165, 1.54) is 54.6 Å². The number of hydrogen-bond donors (Lipinski definition) is 4. The van der Waals surface area contributed by atoms with Crippen LogP contribution in [0.15, 0.2) is 72.8 Å². The third kappa shape index (κ3) is 8.40. The predicted octanol–water partition coefficient (Wildman–Crippen LogP) is 6.21. The molecule has 2 atom stereocenters. The Kier molecular flexibility index (Phi) is 12.4. The van der Waals surface area contributed by atoms with E-state index in [4.69, 9.17) is 5.11 Å². The van der Waals surface area contributed by atoms with Gasteiger partial charge in [-0.25, -0.2) is 13.2 Å². The van der Waals surface area contributed by atoms with E-state index < -0.39 is 48.0 Å². The zero-order valence-electron chi connectivity index (χ0n) is 24.7. The van der Waals surface area contributed by atoms with Gasteiger partial charge in [0.15, 0.2) is 0 Å². The molecular formula is C33H33F3N2NaO5. The second-order valence-electron chi connectivity index (χ2n) is 10.6. The number of carboxylic acids is 1. The Hall–Kier alpha value is -3.41. The fourth-order valence-corrected chi connectivity index (χ4v) is 5.27. The Morgan fingerprint density at radius 2 is 1.36 bits per heavy atom. The van der Waals surface area contributed by atoms with Gasteiger partial charge in [-0.3, -0.25) is 9.59 Å². The maximum atomic E-state index is 14.6. The van der Waals surface area contributed by atoms with E-state index in [0.717, 1.165) is 0 Å². The van der Waals surface area contributed by atoms with E-state index in [0.29, 0.717) is 27.9 Å². The van der Waals surface area contributed by atoms with Crippen LogP contribution in [0, 0.1) is 17.5 Å². The molecule has 0 aliphatic rings. The molecule has 1 amide bonds. The van der Waals surface area contributed by atoms with Crippen molar-refractivity contribution in [3.8, 4) is 22.3 Å². The van der Waals surface area contributed by atoms with Crippen LogP contribution in [0.4, 0.5) is 18.9 Å². The molecule has 0 aliphatic carbocycles. The predicted molar refractivity (Wildman–Crippen MR) is 163 cm³/mol. The van der Waals surface area contributed by atoms with Crippen molar-refractivity contribution in [3.05, 3.63) is 102 Å². The van der Waals surface area contributed by atoms with Gasteiger partial charge in [0.2, 0.25) is 0 Å². The summed E-state index contributed by atoms with van der Waals surface area (Å²) < 4.78 is 44.4. The van der Waals surface area contributed by atoms with E-state index in [-0.39, 0.29) is 66.2 Å². The van der Waals surface area contributed by atoms with Gasteiger partial charge < -0.3 is 25.2 Å². The molecule has 0 spiro atoms. The van der Waals surface area contributed by atoms with Crippen molar-refractivity contribution in [2.24, 2.45) is 0 Å². The number of aliphatic carboxylic acids is 1. The number of amides is 1. The van der Waals surface area contributed by atoms with Crippen LogP contribution in [-0.4, -0.2) is 73.5 Å². The van der Waals surface area contributed by atoms with E-state index >= 15 is 0 Å². The van der Waals surface area contributed by atoms with Crippen LogP contribution >= 0.6 is 0 Å². The molecule has 0 saturated carbocycles. The van der Waals surface area contributed by atoms with Gasteiger partial charge in [0.05, 0.1) is 24.3 Å². The van der Waals surface area contributed by atoms with Crippen molar-refractivity contribution in [2.45, 2.75) is 57.8 Å². The first kappa shape index (κ1) is 35.1. The Labute approximate surface area is 275 Å². The van der Waals surface area contributed by atoms with E-state index in [2.05, 4.69) is 5.32 Å². The average Bonchev–Trinajstić information content (AvgIpc) is 3.29. The molecular weight excluding hydrogens is 584 g/mol. The van der Waals surface area contributed by atoms with Crippen LogP contribution in [0.5, 0.6) is 0 Å². The van der Waals surface area contributed by atoms with Crippen LogP contribution in [0.2, 0.25) is 0 Å². The summed E-state index contributed by atoms with van der Waals surface area (Å²) in [6.07, 6.45) is -2.75. The Balaban J connectivity index is 0.00000529. The molecule has 3 aromatic carbocycles. The molecule has 11 heteroatoms. The van der Waals surface area contributed by atoms with E-state index in [1.807, 2.05) is 13.8 Å². The van der Waals surface area contributed by atoms with Gasteiger partial charge in [-0.2, -0.15) is 0 Å². The summed E-state index contributed by atoms with van der Waals surface area (Å²) in [5.41, 5.74) is 2.68. The minimum atomic E-state index is -1.25. The number of carbonyl (C=O) groups excluding carboxylic acids is 1. The molecule has 4 rings (SSSR count). The number of anilines is 1. The maximum Gasteiger partial charge on any atom is 0.305 e. The first-order valence-electron chi connectivity index (χ1n) is 13.9. The molecule has 7 nitrogen and oxygen atoms in total. The fraction of sp³-hybridized carbons (Fsp3) is 0.273. The standard InChI is InChI=1S/C33H33F3N2O5.Na/c1-19(2)38-28(16-15-24(39)17-25(40)18-29(41)42)30(20-7-11-22(34)12-8-20)31(21-9-13-23(35)14-10-21)32(38)33(43)37-27-6-4-3-5-26(27)36;/h3-14,19,24-25,39-40H,15-18H2,1-2H3,(H,37,43)(H,41,42);/t24-,25-;/m1./s1. The second-order valence-corrected chi connectivity index (χ2v) is 10.6. The van der Waals surface area contributed by atoms with Gasteiger partial charge in [0, 0.05) is 52.4 Å². The molecule has 1 aromatic heterocycles. The third-order valence-corrected chi connectivity index (χ3v) is 7.10. The van der Waals surface area contributed by atoms with Crippen LogP contribution in [0.3, 0.4) is 0 Å². The molecule has 4 aromatic rings. The summed E-state index contributed by atoms with van der Waals surface area (Å²) in [4.78, 5) is 25.0. The van der Waals surface area contributed by atoms with Crippen molar-refractivity contribution in [2.75, 3.05) is 5.32 Å². The van der Waals surface area contributed by atoms with Crippen molar-refractivity contribution in [3.63, 3.8) is 0 Å². The Morgan fingerprint density at radius 1 is 0.818 bits per heavy atom. The number of halogens is 3. The van der Waals surface area contributed by atoms with Crippen LogP contribution < -0.4 is 5.32 Å². The zero-order chi connectivity index (χ0) is 31.3. The molecule has 1 radical (unpaired) electrons. The van der Waals surface area contributed by atoms with Gasteiger partial charge in [0.25, 0.3) is 5.91 Å². The van der Waals surface area contributed by atoms with Gasteiger partial charge in [-0.1, -0.05) is 36.4 Å². The monoisotopic (exact) mass is 617 g/mol.